The predicted octanol–water partition coefficient (Wildman–Crippen LogP) is 3.70. The molecule has 3 aromatic rings. The number of rotatable bonds is 4. The van der Waals surface area contributed by atoms with Gasteiger partial charge in [0, 0.05) is 29.7 Å². The highest BCUT2D eigenvalue weighted by Gasteiger charge is 2.29. The Hall–Kier alpha value is -2.64. The summed E-state index contributed by atoms with van der Waals surface area (Å²) >= 11 is 3.26. The summed E-state index contributed by atoms with van der Waals surface area (Å²) in [7, 11) is 0. The van der Waals surface area contributed by atoms with Gasteiger partial charge in [-0.2, -0.15) is 0 Å². The first-order chi connectivity index (χ1) is 13.5. The number of pyridine rings is 1. The monoisotopic (exact) mass is 443 g/mol. The van der Waals surface area contributed by atoms with E-state index < -0.39 is 5.82 Å². The number of nitrogens with one attached hydrogen (secondary N) is 1. The van der Waals surface area contributed by atoms with Crippen LogP contribution in [-0.2, 0) is 13.1 Å². The normalized spacial score (nSPS) is 12.9. The molecule has 0 aliphatic carbocycles. The third-order valence-corrected chi connectivity index (χ3v) is 5.56. The van der Waals surface area contributed by atoms with Crippen molar-refractivity contribution < 1.29 is 10.1 Å². The molecule has 0 atom stereocenters. The van der Waals surface area contributed by atoms with Gasteiger partial charge in [-0.25, -0.2) is 4.39 Å². The molecular formula is C21H21BrFN4O+. The third kappa shape index (κ3) is 3.31. The van der Waals surface area contributed by atoms with Gasteiger partial charge in [0.15, 0.2) is 11.5 Å². The zero-order valence-corrected chi connectivity index (χ0v) is 17.1. The molecule has 0 saturated heterocycles. The largest absolute Gasteiger partial charge is 0.348 e. The molecule has 1 aromatic heterocycles. The molecule has 0 unspecified atom stereocenters. The maximum atomic E-state index is 14.3. The van der Waals surface area contributed by atoms with Gasteiger partial charge in [0.2, 0.25) is 0 Å². The maximum Gasteiger partial charge on any atom is 0.257 e. The summed E-state index contributed by atoms with van der Waals surface area (Å²) in [6.45, 7) is 3.81. The SMILES string of the molecule is Cc1c(Nc2ccc(Br)cc2F)c([NH3+])c2n(c1=O)CCN2Cc1ccccc1. The Bertz CT molecular complexity index is 1100. The lowest BCUT2D eigenvalue weighted by Crippen LogP contribution is -2.44. The van der Waals surface area contributed by atoms with Crippen LogP contribution >= 0.6 is 15.9 Å². The second-order valence-corrected chi connectivity index (χ2v) is 7.83. The van der Waals surface area contributed by atoms with E-state index in [-0.39, 0.29) is 5.56 Å². The standard InChI is InChI=1S/C21H20BrFN4O/c1-13-19(25-17-8-7-15(22)11-16(17)23)18(24)20-26(9-10-27(20)21(13)28)12-14-5-3-2-4-6-14/h2-8,11,25H,9-10,12,24H2,1H3/p+1. The minimum Gasteiger partial charge on any atom is -0.348 e. The summed E-state index contributed by atoms with van der Waals surface area (Å²) in [5, 5.41) is 3.09. The maximum absolute atomic E-state index is 14.3. The van der Waals surface area contributed by atoms with Gasteiger partial charge in [0.1, 0.15) is 11.5 Å². The van der Waals surface area contributed by atoms with Gasteiger partial charge >= 0.3 is 0 Å². The van der Waals surface area contributed by atoms with E-state index in [9.17, 15) is 9.18 Å². The molecule has 4 rings (SSSR count). The third-order valence-electron chi connectivity index (χ3n) is 5.07. The molecule has 2 heterocycles. The summed E-state index contributed by atoms with van der Waals surface area (Å²) < 4.78 is 16.8. The molecule has 2 aromatic carbocycles. The van der Waals surface area contributed by atoms with E-state index in [1.54, 1.807) is 23.6 Å². The summed E-state index contributed by atoms with van der Waals surface area (Å²) in [5.41, 5.74) is 7.45. The van der Waals surface area contributed by atoms with Crippen LogP contribution in [0.1, 0.15) is 11.1 Å². The molecule has 7 heteroatoms. The van der Waals surface area contributed by atoms with Crippen LogP contribution in [0, 0.1) is 12.7 Å². The molecular weight excluding hydrogens is 423 g/mol. The summed E-state index contributed by atoms with van der Waals surface area (Å²) in [6, 6.07) is 14.9. The molecule has 0 amide bonds. The van der Waals surface area contributed by atoms with E-state index in [1.807, 2.05) is 18.2 Å². The molecule has 144 valence electrons. The first-order valence-corrected chi connectivity index (χ1v) is 9.85. The van der Waals surface area contributed by atoms with E-state index in [1.165, 1.54) is 6.07 Å². The van der Waals surface area contributed by atoms with Crippen LogP contribution in [0.15, 0.2) is 57.8 Å². The van der Waals surface area contributed by atoms with Crippen LogP contribution in [0.4, 0.5) is 27.3 Å². The highest BCUT2D eigenvalue weighted by molar-refractivity contribution is 9.10. The highest BCUT2D eigenvalue weighted by Crippen LogP contribution is 2.36. The van der Waals surface area contributed by atoms with Crippen LogP contribution < -0.4 is 21.5 Å². The number of halogens is 2. The number of anilines is 3. The first kappa shape index (κ1) is 18.7. The fourth-order valence-corrected chi connectivity index (χ4v) is 3.99. The minimum atomic E-state index is -0.394. The minimum absolute atomic E-state index is 0.0713. The quantitative estimate of drug-likeness (QED) is 0.645. The van der Waals surface area contributed by atoms with Crippen molar-refractivity contribution in [3.63, 3.8) is 0 Å². The zero-order chi connectivity index (χ0) is 19.8. The smallest absolute Gasteiger partial charge is 0.257 e. The lowest BCUT2D eigenvalue weighted by Gasteiger charge is -2.21. The van der Waals surface area contributed by atoms with Gasteiger partial charge in [-0.15, -0.1) is 0 Å². The van der Waals surface area contributed by atoms with Crippen LogP contribution in [-0.4, -0.2) is 11.1 Å². The number of hydrogen-bond acceptors (Lipinski definition) is 3. The molecule has 0 spiro atoms. The molecule has 0 radical (unpaired) electrons. The second-order valence-electron chi connectivity index (χ2n) is 6.92. The molecule has 5 nitrogen and oxygen atoms in total. The van der Waals surface area contributed by atoms with Crippen molar-refractivity contribution in [2.45, 2.75) is 20.0 Å². The summed E-state index contributed by atoms with van der Waals surface area (Å²) in [6.07, 6.45) is 0. The lowest BCUT2D eigenvalue weighted by atomic mass is 10.1. The van der Waals surface area contributed by atoms with E-state index in [2.05, 4.69) is 44.0 Å². The lowest BCUT2D eigenvalue weighted by molar-refractivity contribution is -0.253. The summed E-state index contributed by atoms with van der Waals surface area (Å²) in [5.74, 6) is 0.398. The Morgan fingerprint density at radius 2 is 1.93 bits per heavy atom. The van der Waals surface area contributed by atoms with E-state index in [0.29, 0.717) is 40.2 Å². The Morgan fingerprint density at radius 1 is 1.18 bits per heavy atom. The van der Waals surface area contributed by atoms with Gasteiger partial charge in [-0.05, 0) is 30.7 Å². The number of quaternary nitrogens is 1. The van der Waals surface area contributed by atoms with Crippen molar-refractivity contribution in [3.8, 4) is 0 Å². The van der Waals surface area contributed by atoms with Crippen LogP contribution in [0.5, 0.6) is 0 Å². The average molecular weight is 444 g/mol. The molecule has 1 aliphatic rings. The van der Waals surface area contributed by atoms with Crippen molar-refractivity contribution in [1.29, 1.82) is 0 Å². The van der Waals surface area contributed by atoms with Crippen LogP contribution in [0.2, 0.25) is 0 Å². The van der Waals surface area contributed by atoms with E-state index in [4.69, 9.17) is 0 Å². The Morgan fingerprint density at radius 3 is 2.64 bits per heavy atom. The molecule has 4 N–H and O–H groups in total. The van der Waals surface area contributed by atoms with E-state index >= 15 is 0 Å². The van der Waals surface area contributed by atoms with Crippen molar-refractivity contribution in [3.05, 3.63) is 80.3 Å². The number of nitrogens with zero attached hydrogens (tertiary/aromatic N) is 2. The molecule has 0 saturated carbocycles. The number of aromatic nitrogens is 1. The number of fused-ring (bicyclic) bond motifs is 1. The first-order valence-electron chi connectivity index (χ1n) is 9.06. The molecule has 1 aliphatic heterocycles. The van der Waals surface area contributed by atoms with Crippen molar-refractivity contribution in [2.75, 3.05) is 16.8 Å². The van der Waals surface area contributed by atoms with Gasteiger partial charge in [0.05, 0.1) is 5.69 Å². The van der Waals surface area contributed by atoms with Crippen molar-refractivity contribution in [1.82, 2.24) is 4.57 Å². The predicted molar refractivity (Wildman–Crippen MR) is 113 cm³/mol. The topological polar surface area (TPSA) is 64.9 Å². The fraction of sp³-hybridized carbons (Fsp3) is 0.190. The molecule has 0 fully saturated rings. The van der Waals surface area contributed by atoms with Gasteiger partial charge < -0.3 is 16.0 Å². The average Bonchev–Trinajstić information content (AvgIpc) is 3.09. The molecule has 0 bridgehead atoms. The van der Waals surface area contributed by atoms with Gasteiger partial charge in [0.25, 0.3) is 5.56 Å². The van der Waals surface area contributed by atoms with Crippen LogP contribution in [0.25, 0.3) is 0 Å². The second kappa shape index (κ2) is 7.41. The van der Waals surface area contributed by atoms with Gasteiger partial charge in [-0.3, -0.25) is 9.36 Å². The van der Waals surface area contributed by atoms with Gasteiger partial charge in [-0.1, -0.05) is 46.3 Å². The van der Waals surface area contributed by atoms with Crippen molar-refractivity contribution in [2.24, 2.45) is 0 Å². The highest BCUT2D eigenvalue weighted by atomic mass is 79.9. The Balaban J connectivity index is 1.76. The van der Waals surface area contributed by atoms with E-state index in [0.717, 1.165) is 17.9 Å². The number of benzene rings is 2. The Labute approximate surface area is 170 Å². The van der Waals surface area contributed by atoms with Crippen LogP contribution in [0.3, 0.4) is 0 Å². The zero-order valence-electron chi connectivity index (χ0n) is 15.5. The summed E-state index contributed by atoms with van der Waals surface area (Å²) in [4.78, 5) is 15.1. The number of hydrogen-bond donors (Lipinski definition) is 2. The molecule has 28 heavy (non-hydrogen) atoms. The Kier molecular flexibility index (Phi) is 4.95. The fourth-order valence-electron chi connectivity index (χ4n) is 3.65. The van der Waals surface area contributed by atoms with Crippen molar-refractivity contribution >= 4 is 38.8 Å².